The van der Waals surface area contributed by atoms with Crippen LogP contribution in [0.2, 0.25) is 0 Å². The SMILES string of the molecule is Cc1ccccc1OCCC(=O)N(CC(=O)O)C1CC1. The summed E-state index contributed by atoms with van der Waals surface area (Å²) >= 11 is 0. The van der Waals surface area contributed by atoms with Crippen molar-refractivity contribution in [3.05, 3.63) is 29.8 Å². The fourth-order valence-corrected chi connectivity index (χ4v) is 2.06. The second kappa shape index (κ2) is 6.41. The molecule has 1 aliphatic rings. The maximum absolute atomic E-state index is 12.0. The summed E-state index contributed by atoms with van der Waals surface area (Å²) in [4.78, 5) is 24.2. The summed E-state index contributed by atoms with van der Waals surface area (Å²) in [6, 6.07) is 7.71. The van der Waals surface area contributed by atoms with Crippen LogP contribution < -0.4 is 4.74 Å². The van der Waals surface area contributed by atoms with E-state index in [1.54, 1.807) is 0 Å². The molecule has 1 saturated carbocycles. The zero-order valence-electron chi connectivity index (χ0n) is 11.5. The van der Waals surface area contributed by atoms with Crippen LogP contribution in [0.25, 0.3) is 0 Å². The van der Waals surface area contributed by atoms with Gasteiger partial charge in [-0.05, 0) is 31.4 Å². The van der Waals surface area contributed by atoms with Crippen LogP contribution in [0, 0.1) is 6.92 Å². The van der Waals surface area contributed by atoms with Gasteiger partial charge in [0, 0.05) is 6.04 Å². The minimum atomic E-state index is -0.968. The molecule has 0 bridgehead atoms. The summed E-state index contributed by atoms with van der Waals surface area (Å²) < 4.78 is 5.57. The lowest BCUT2D eigenvalue weighted by molar-refractivity contribution is -0.145. The number of aryl methyl sites for hydroxylation is 1. The van der Waals surface area contributed by atoms with Gasteiger partial charge in [-0.2, -0.15) is 0 Å². The number of nitrogens with zero attached hydrogens (tertiary/aromatic N) is 1. The van der Waals surface area contributed by atoms with Gasteiger partial charge in [0.2, 0.25) is 5.91 Å². The number of rotatable bonds is 7. The quantitative estimate of drug-likeness (QED) is 0.825. The first-order chi connectivity index (χ1) is 9.58. The topological polar surface area (TPSA) is 66.8 Å². The molecule has 0 heterocycles. The standard InChI is InChI=1S/C15H19NO4/c1-11-4-2-3-5-13(11)20-9-8-14(17)16(10-15(18)19)12-6-7-12/h2-5,12H,6-10H2,1H3,(H,18,19). The zero-order valence-corrected chi connectivity index (χ0v) is 11.5. The molecule has 1 aromatic carbocycles. The highest BCUT2D eigenvalue weighted by molar-refractivity contribution is 5.82. The lowest BCUT2D eigenvalue weighted by Crippen LogP contribution is -2.38. The monoisotopic (exact) mass is 277 g/mol. The molecule has 1 amide bonds. The first kappa shape index (κ1) is 14.4. The number of aliphatic carboxylic acids is 1. The number of para-hydroxylation sites is 1. The van der Waals surface area contributed by atoms with Gasteiger partial charge in [0.25, 0.3) is 0 Å². The summed E-state index contributed by atoms with van der Waals surface area (Å²) in [6.45, 7) is 2.00. The molecule has 0 atom stereocenters. The number of hydrogen-bond acceptors (Lipinski definition) is 3. The molecule has 0 radical (unpaired) electrons. The summed E-state index contributed by atoms with van der Waals surface area (Å²) in [7, 11) is 0. The molecule has 1 aliphatic carbocycles. The minimum absolute atomic E-state index is 0.108. The highest BCUT2D eigenvalue weighted by atomic mass is 16.5. The molecule has 0 unspecified atom stereocenters. The summed E-state index contributed by atoms with van der Waals surface area (Å²) in [5.74, 6) is -0.356. The number of hydrogen-bond donors (Lipinski definition) is 1. The van der Waals surface area contributed by atoms with Crippen LogP contribution in [-0.4, -0.2) is 41.1 Å². The smallest absolute Gasteiger partial charge is 0.323 e. The van der Waals surface area contributed by atoms with Crippen LogP contribution in [0.15, 0.2) is 24.3 Å². The van der Waals surface area contributed by atoms with Crippen molar-refractivity contribution < 1.29 is 19.4 Å². The molecule has 5 nitrogen and oxygen atoms in total. The van der Waals surface area contributed by atoms with E-state index in [0.717, 1.165) is 24.2 Å². The molecular weight excluding hydrogens is 258 g/mol. The molecule has 20 heavy (non-hydrogen) atoms. The summed E-state index contributed by atoms with van der Waals surface area (Å²) in [6.07, 6.45) is 2.01. The van der Waals surface area contributed by atoms with Crippen LogP contribution in [0.3, 0.4) is 0 Å². The normalized spacial score (nSPS) is 13.8. The molecule has 0 aliphatic heterocycles. The Morgan fingerprint density at radius 2 is 2.05 bits per heavy atom. The fourth-order valence-electron chi connectivity index (χ4n) is 2.06. The highest BCUT2D eigenvalue weighted by Crippen LogP contribution is 2.27. The molecule has 1 N–H and O–H groups in total. The van der Waals surface area contributed by atoms with E-state index in [0.29, 0.717) is 0 Å². The Morgan fingerprint density at radius 1 is 1.35 bits per heavy atom. The van der Waals surface area contributed by atoms with E-state index in [9.17, 15) is 9.59 Å². The van der Waals surface area contributed by atoms with Crippen molar-refractivity contribution in [1.29, 1.82) is 0 Å². The third kappa shape index (κ3) is 3.98. The van der Waals surface area contributed by atoms with E-state index in [4.69, 9.17) is 9.84 Å². The molecule has 0 spiro atoms. The van der Waals surface area contributed by atoms with Crippen molar-refractivity contribution >= 4 is 11.9 Å². The first-order valence-corrected chi connectivity index (χ1v) is 6.77. The van der Waals surface area contributed by atoms with Crippen LogP contribution >= 0.6 is 0 Å². The van der Waals surface area contributed by atoms with E-state index in [1.165, 1.54) is 4.90 Å². The lowest BCUT2D eigenvalue weighted by atomic mass is 10.2. The van der Waals surface area contributed by atoms with Crippen molar-refractivity contribution in [3.8, 4) is 5.75 Å². The Balaban J connectivity index is 1.82. The zero-order chi connectivity index (χ0) is 14.5. The Hall–Kier alpha value is -2.04. The highest BCUT2D eigenvalue weighted by Gasteiger charge is 2.33. The average Bonchev–Trinajstić information content (AvgIpc) is 3.22. The summed E-state index contributed by atoms with van der Waals surface area (Å²) in [5.41, 5.74) is 1.02. The van der Waals surface area contributed by atoms with E-state index in [1.807, 2.05) is 31.2 Å². The number of benzene rings is 1. The van der Waals surface area contributed by atoms with Crippen molar-refractivity contribution in [2.45, 2.75) is 32.2 Å². The van der Waals surface area contributed by atoms with E-state index >= 15 is 0 Å². The number of carbonyl (C=O) groups excluding carboxylic acids is 1. The molecule has 108 valence electrons. The van der Waals surface area contributed by atoms with Crippen molar-refractivity contribution in [1.82, 2.24) is 4.90 Å². The second-order valence-electron chi connectivity index (χ2n) is 5.01. The fraction of sp³-hybridized carbons (Fsp3) is 0.467. The molecule has 5 heteroatoms. The lowest BCUT2D eigenvalue weighted by Gasteiger charge is -2.20. The largest absolute Gasteiger partial charge is 0.493 e. The Labute approximate surface area is 118 Å². The number of carbonyl (C=O) groups is 2. The van der Waals surface area contributed by atoms with Crippen molar-refractivity contribution in [2.75, 3.05) is 13.2 Å². The molecule has 1 aromatic rings. The van der Waals surface area contributed by atoms with Crippen LogP contribution in [0.4, 0.5) is 0 Å². The average molecular weight is 277 g/mol. The van der Waals surface area contributed by atoms with Gasteiger partial charge in [-0.15, -0.1) is 0 Å². The Morgan fingerprint density at radius 3 is 2.65 bits per heavy atom. The molecule has 2 rings (SSSR count). The molecule has 0 saturated heterocycles. The van der Waals surface area contributed by atoms with Gasteiger partial charge in [-0.3, -0.25) is 9.59 Å². The van der Waals surface area contributed by atoms with E-state index < -0.39 is 5.97 Å². The number of amides is 1. The number of ether oxygens (including phenoxy) is 1. The van der Waals surface area contributed by atoms with Crippen molar-refractivity contribution in [2.24, 2.45) is 0 Å². The number of carboxylic acid groups (broad SMARTS) is 1. The maximum atomic E-state index is 12.0. The number of carboxylic acids is 1. The molecular formula is C15H19NO4. The Bertz CT molecular complexity index is 496. The van der Waals surface area contributed by atoms with Crippen molar-refractivity contribution in [3.63, 3.8) is 0 Å². The van der Waals surface area contributed by atoms with Crippen LogP contribution in [0.5, 0.6) is 5.75 Å². The predicted molar refractivity (Wildman–Crippen MR) is 73.7 cm³/mol. The van der Waals surface area contributed by atoms with Crippen LogP contribution in [-0.2, 0) is 9.59 Å². The third-order valence-electron chi connectivity index (χ3n) is 3.28. The third-order valence-corrected chi connectivity index (χ3v) is 3.28. The summed E-state index contributed by atoms with van der Waals surface area (Å²) in [5, 5.41) is 8.82. The van der Waals surface area contributed by atoms with Gasteiger partial charge < -0.3 is 14.7 Å². The van der Waals surface area contributed by atoms with E-state index in [-0.39, 0.29) is 31.5 Å². The predicted octanol–water partition coefficient (Wildman–Crippen LogP) is 1.84. The minimum Gasteiger partial charge on any atom is -0.493 e. The van der Waals surface area contributed by atoms with Gasteiger partial charge >= 0.3 is 5.97 Å². The van der Waals surface area contributed by atoms with Gasteiger partial charge in [0.05, 0.1) is 13.0 Å². The van der Waals surface area contributed by atoms with E-state index in [2.05, 4.69) is 0 Å². The van der Waals surface area contributed by atoms with Gasteiger partial charge in [0.15, 0.2) is 0 Å². The molecule has 0 aromatic heterocycles. The van der Waals surface area contributed by atoms with Gasteiger partial charge in [0.1, 0.15) is 12.3 Å². The Kier molecular flexibility index (Phi) is 4.61. The maximum Gasteiger partial charge on any atom is 0.323 e. The first-order valence-electron chi connectivity index (χ1n) is 6.77. The van der Waals surface area contributed by atoms with Gasteiger partial charge in [-0.25, -0.2) is 0 Å². The molecule has 1 fully saturated rings. The second-order valence-corrected chi connectivity index (χ2v) is 5.01. The van der Waals surface area contributed by atoms with Crippen LogP contribution in [0.1, 0.15) is 24.8 Å². The van der Waals surface area contributed by atoms with Gasteiger partial charge in [-0.1, -0.05) is 18.2 Å².